The molecule has 0 unspecified atom stereocenters. The van der Waals surface area contributed by atoms with Crippen molar-refractivity contribution < 1.29 is 19.4 Å². The molecule has 1 fully saturated rings. The maximum absolute atomic E-state index is 13.0. The number of nitrogens with zero attached hydrogens (tertiary/aromatic N) is 1. The summed E-state index contributed by atoms with van der Waals surface area (Å²) in [5, 5.41) is 11.3. The average molecular weight is 422 g/mol. The molecule has 154 valence electrons. The van der Waals surface area contributed by atoms with E-state index in [0.29, 0.717) is 16.5 Å². The van der Waals surface area contributed by atoms with Crippen LogP contribution in [0.25, 0.3) is 15.8 Å². The normalized spacial score (nSPS) is 20.8. The van der Waals surface area contributed by atoms with Gasteiger partial charge in [0.1, 0.15) is 17.3 Å². The Morgan fingerprint density at radius 1 is 1.13 bits per heavy atom. The van der Waals surface area contributed by atoms with E-state index in [1.54, 1.807) is 7.11 Å². The van der Waals surface area contributed by atoms with E-state index < -0.39 is 0 Å². The molecule has 1 N–H and O–H groups in total. The number of ketones is 1. The number of benzene rings is 2. The molecule has 2 aliphatic rings. The summed E-state index contributed by atoms with van der Waals surface area (Å²) in [4.78, 5) is 17.6. The lowest BCUT2D eigenvalue weighted by Gasteiger charge is -2.23. The summed E-state index contributed by atoms with van der Waals surface area (Å²) in [6, 6.07) is 11.5. The molecule has 1 heterocycles. The number of fused-ring (bicyclic) bond motifs is 3. The van der Waals surface area contributed by atoms with E-state index in [1.807, 2.05) is 36.4 Å². The van der Waals surface area contributed by atoms with Crippen LogP contribution in [0.5, 0.6) is 16.7 Å². The van der Waals surface area contributed by atoms with Crippen LogP contribution in [0.15, 0.2) is 42.2 Å². The van der Waals surface area contributed by atoms with E-state index in [0.717, 1.165) is 52.8 Å². The lowest BCUT2D eigenvalue weighted by Crippen LogP contribution is -2.21. The van der Waals surface area contributed by atoms with Gasteiger partial charge in [-0.3, -0.25) is 4.79 Å². The van der Waals surface area contributed by atoms with Crippen molar-refractivity contribution in [3.05, 3.63) is 53.3 Å². The lowest BCUT2D eigenvalue weighted by atomic mass is 9.81. The second-order valence-electron chi connectivity index (χ2n) is 7.92. The number of hydrogen-bond acceptors (Lipinski definition) is 6. The Morgan fingerprint density at radius 3 is 2.73 bits per heavy atom. The largest absolute Gasteiger partial charge is 0.511 e. The number of allylic oxidation sites excluding steroid dienone is 2. The zero-order valence-corrected chi connectivity index (χ0v) is 17.8. The fraction of sp³-hybridized carbons (Fsp3) is 0.333. The number of aliphatic hydroxyl groups is 1. The van der Waals surface area contributed by atoms with Gasteiger partial charge in [-0.25, -0.2) is 4.98 Å². The number of Topliss-reactive ketones (excluding diaryl/α,β-unsaturated/α-hetero) is 1. The molecule has 6 heteroatoms. The van der Waals surface area contributed by atoms with Gasteiger partial charge in [0.25, 0.3) is 5.19 Å². The van der Waals surface area contributed by atoms with Crippen molar-refractivity contribution in [2.45, 2.75) is 32.6 Å². The first-order chi connectivity index (χ1) is 14.6. The third-order valence-corrected chi connectivity index (χ3v) is 7.10. The number of aryl methyl sites for hydroxylation is 1. The molecule has 0 spiro atoms. The van der Waals surface area contributed by atoms with Gasteiger partial charge in [0.15, 0.2) is 5.78 Å². The van der Waals surface area contributed by atoms with E-state index >= 15 is 0 Å². The first kappa shape index (κ1) is 19.1. The van der Waals surface area contributed by atoms with E-state index in [1.165, 1.54) is 11.3 Å². The Bertz CT molecular complexity index is 1180. The zero-order chi connectivity index (χ0) is 20.8. The first-order valence-corrected chi connectivity index (χ1v) is 11.1. The lowest BCUT2D eigenvalue weighted by molar-refractivity contribution is -0.117. The highest BCUT2D eigenvalue weighted by molar-refractivity contribution is 7.20. The monoisotopic (exact) mass is 421 g/mol. The highest BCUT2D eigenvalue weighted by atomic mass is 32.1. The zero-order valence-electron chi connectivity index (χ0n) is 17.0. The van der Waals surface area contributed by atoms with Gasteiger partial charge >= 0.3 is 0 Å². The molecule has 0 radical (unpaired) electrons. The van der Waals surface area contributed by atoms with E-state index in [2.05, 4.69) is 11.9 Å². The van der Waals surface area contributed by atoms with Crippen molar-refractivity contribution in [2.75, 3.05) is 7.11 Å². The molecular weight excluding hydrogens is 398 g/mol. The third kappa shape index (κ3) is 3.16. The molecule has 5 nitrogen and oxygen atoms in total. The van der Waals surface area contributed by atoms with Crippen LogP contribution in [-0.4, -0.2) is 23.0 Å². The van der Waals surface area contributed by atoms with Crippen LogP contribution < -0.4 is 9.47 Å². The Hall–Kier alpha value is -2.86. The Morgan fingerprint density at radius 2 is 1.93 bits per heavy atom. The standard InChI is InChI=1S/C24H23NO4S/c1-3-13-6-7-17(29-24-25-19-9-8-16(28-2)12-20(19)30-24)11-18(13)21-22(26)14-4-5-15(10-14)23(21)27/h6-9,11-12,14-15,26H,3-5,10H2,1-2H3/t14-,15-/m1/s1. The molecule has 2 atom stereocenters. The fourth-order valence-corrected chi connectivity index (χ4v) is 5.45. The van der Waals surface area contributed by atoms with Crippen molar-refractivity contribution in [1.29, 1.82) is 0 Å². The molecule has 5 rings (SSSR count). The highest BCUT2D eigenvalue weighted by Crippen LogP contribution is 2.46. The minimum absolute atomic E-state index is 0.0365. The van der Waals surface area contributed by atoms with Crippen molar-refractivity contribution in [3.8, 4) is 16.7 Å². The molecule has 2 bridgehead atoms. The Labute approximate surface area is 179 Å². The number of methoxy groups -OCH3 is 1. The van der Waals surface area contributed by atoms with Crippen LogP contribution in [0.4, 0.5) is 0 Å². The molecule has 2 aromatic carbocycles. The van der Waals surface area contributed by atoms with Gasteiger partial charge in [-0.15, -0.1) is 0 Å². The summed E-state index contributed by atoms with van der Waals surface area (Å²) in [5.41, 5.74) is 3.16. The highest BCUT2D eigenvalue weighted by Gasteiger charge is 2.41. The molecule has 0 saturated heterocycles. The third-order valence-electron chi connectivity index (χ3n) is 6.21. The summed E-state index contributed by atoms with van der Waals surface area (Å²) in [5.74, 6) is 1.86. The van der Waals surface area contributed by atoms with Crippen LogP contribution >= 0.6 is 11.3 Å². The second-order valence-corrected chi connectivity index (χ2v) is 8.91. The van der Waals surface area contributed by atoms with Crippen LogP contribution in [0, 0.1) is 11.8 Å². The number of aliphatic hydroxyl groups excluding tert-OH is 1. The van der Waals surface area contributed by atoms with E-state index in [9.17, 15) is 9.90 Å². The maximum Gasteiger partial charge on any atom is 0.279 e. The predicted octanol–water partition coefficient (Wildman–Crippen LogP) is 5.93. The van der Waals surface area contributed by atoms with Gasteiger partial charge in [0.05, 0.1) is 22.9 Å². The summed E-state index contributed by atoms with van der Waals surface area (Å²) in [6.07, 6.45) is 3.30. The van der Waals surface area contributed by atoms with Crippen LogP contribution in [0.1, 0.15) is 37.3 Å². The van der Waals surface area contributed by atoms with Gasteiger partial charge in [-0.1, -0.05) is 24.3 Å². The van der Waals surface area contributed by atoms with Crippen LogP contribution in [0.2, 0.25) is 0 Å². The van der Waals surface area contributed by atoms with Gasteiger partial charge in [0, 0.05) is 11.8 Å². The SMILES string of the molecule is CCc1ccc(Oc2nc3ccc(OC)cc3s2)cc1C1=C(O)[C@@H]2CC[C@H](C2)C1=O. The van der Waals surface area contributed by atoms with Crippen molar-refractivity contribution >= 4 is 32.9 Å². The molecule has 3 aromatic rings. The van der Waals surface area contributed by atoms with Gasteiger partial charge in [-0.2, -0.15) is 0 Å². The number of carbonyl (C=O) groups is 1. The Kier molecular flexibility index (Phi) is 4.74. The molecule has 1 saturated carbocycles. The minimum atomic E-state index is 0.0365. The van der Waals surface area contributed by atoms with Crippen molar-refractivity contribution in [3.63, 3.8) is 0 Å². The van der Waals surface area contributed by atoms with Gasteiger partial charge in [-0.05, 0) is 67.1 Å². The number of carbonyl (C=O) groups excluding carboxylic acids is 1. The number of rotatable bonds is 5. The number of ether oxygens (including phenoxy) is 2. The smallest absolute Gasteiger partial charge is 0.279 e. The summed E-state index contributed by atoms with van der Waals surface area (Å²) in [7, 11) is 1.64. The number of aromatic nitrogens is 1. The predicted molar refractivity (Wildman–Crippen MR) is 117 cm³/mol. The first-order valence-electron chi connectivity index (χ1n) is 10.3. The molecule has 1 aromatic heterocycles. The quantitative estimate of drug-likeness (QED) is 0.553. The molecule has 0 amide bonds. The van der Waals surface area contributed by atoms with Gasteiger partial charge in [0.2, 0.25) is 0 Å². The number of thiazole rings is 1. The molecular formula is C24H23NO4S. The molecule has 0 aliphatic heterocycles. The summed E-state index contributed by atoms with van der Waals surface area (Å²) < 4.78 is 12.3. The van der Waals surface area contributed by atoms with Crippen LogP contribution in [-0.2, 0) is 11.2 Å². The topological polar surface area (TPSA) is 68.7 Å². The Balaban J connectivity index is 1.52. The van der Waals surface area contributed by atoms with E-state index in [4.69, 9.17) is 9.47 Å². The van der Waals surface area contributed by atoms with Crippen LogP contribution in [0.3, 0.4) is 0 Å². The van der Waals surface area contributed by atoms with Crippen molar-refractivity contribution in [2.24, 2.45) is 11.8 Å². The van der Waals surface area contributed by atoms with Crippen molar-refractivity contribution in [1.82, 2.24) is 4.98 Å². The molecule has 2 aliphatic carbocycles. The molecule has 30 heavy (non-hydrogen) atoms. The number of hydrogen-bond donors (Lipinski definition) is 1. The average Bonchev–Trinajstić information content (AvgIpc) is 3.37. The summed E-state index contributed by atoms with van der Waals surface area (Å²) in [6.45, 7) is 2.06. The summed E-state index contributed by atoms with van der Waals surface area (Å²) >= 11 is 1.44. The maximum atomic E-state index is 13.0. The fourth-order valence-electron chi connectivity index (χ4n) is 4.59. The van der Waals surface area contributed by atoms with E-state index in [-0.39, 0.29) is 23.4 Å². The minimum Gasteiger partial charge on any atom is -0.511 e. The second kappa shape index (κ2) is 7.43. The van der Waals surface area contributed by atoms with Gasteiger partial charge < -0.3 is 14.6 Å².